The number of unbranched alkanes of at least 4 members (excludes halogenated alkanes) is 3. The molecule has 0 saturated carbocycles. The molecule has 0 bridgehead atoms. The summed E-state index contributed by atoms with van der Waals surface area (Å²) < 4.78 is 0. The van der Waals surface area contributed by atoms with Gasteiger partial charge in [-0.2, -0.15) is 0 Å². The van der Waals surface area contributed by atoms with Gasteiger partial charge in [0.2, 0.25) is 0 Å². The molecule has 0 aliphatic heterocycles. The van der Waals surface area contributed by atoms with E-state index in [4.69, 9.17) is 0 Å². The van der Waals surface area contributed by atoms with Crippen molar-refractivity contribution in [2.45, 2.75) is 45.6 Å². The van der Waals surface area contributed by atoms with Gasteiger partial charge in [-0.25, -0.2) is 0 Å². The second kappa shape index (κ2) is 8.98. The van der Waals surface area contributed by atoms with Crippen molar-refractivity contribution in [1.29, 1.82) is 0 Å². The van der Waals surface area contributed by atoms with Crippen molar-refractivity contribution < 1.29 is 0 Å². The Balaban J connectivity index is 2.01. The maximum Gasteiger partial charge on any atom is 0.0363 e. The van der Waals surface area contributed by atoms with Crippen LogP contribution in [0.2, 0.25) is 0 Å². The number of hydrogen-bond donors (Lipinski definition) is 1. The fourth-order valence-corrected chi connectivity index (χ4v) is 2.03. The van der Waals surface area contributed by atoms with Crippen LogP contribution in [0.25, 0.3) is 0 Å². The lowest BCUT2D eigenvalue weighted by Gasteiger charge is -2.19. The first-order chi connectivity index (χ1) is 8.70. The summed E-state index contributed by atoms with van der Waals surface area (Å²) in [7, 11) is 2.18. The van der Waals surface area contributed by atoms with Crippen molar-refractivity contribution in [2.75, 3.05) is 25.0 Å². The van der Waals surface area contributed by atoms with E-state index in [1.54, 1.807) is 0 Å². The molecule has 0 saturated heterocycles. The minimum atomic E-state index is 0.620. The van der Waals surface area contributed by atoms with E-state index in [2.05, 4.69) is 61.4 Å². The lowest BCUT2D eigenvalue weighted by Crippen LogP contribution is -2.23. The van der Waals surface area contributed by atoms with Crippen molar-refractivity contribution in [3.05, 3.63) is 30.3 Å². The van der Waals surface area contributed by atoms with Crippen molar-refractivity contribution in [1.82, 2.24) is 5.32 Å². The Morgan fingerprint density at radius 1 is 1.00 bits per heavy atom. The lowest BCUT2D eigenvalue weighted by atomic mass is 10.2. The summed E-state index contributed by atoms with van der Waals surface area (Å²) in [6.07, 6.45) is 5.25. The van der Waals surface area contributed by atoms with E-state index in [9.17, 15) is 0 Å². The number of nitrogens with one attached hydrogen (secondary N) is 1. The zero-order valence-corrected chi connectivity index (χ0v) is 12.2. The van der Waals surface area contributed by atoms with Crippen molar-refractivity contribution in [2.24, 2.45) is 0 Å². The largest absolute Gasteiger partial charge is 0.375 e. The second-order valence-electron chi connectivity index (χ2n) is 5.28. The first-order valence-electron chi connectivity index (χ1n) is 7.19. The van der Waals surface area contributed by atoms with E-state index < -0.39 is 0 Å². The average molecular weight is 248 g/mol. The predicted octanol–water partition coefficient (Wildman–Crippen LogP) is 3.68. The number of anilines is 1. The van der Waals surface area contributed by atoms with Crippen molar-refractivity contribution in [3.63, 3.8) is 0 Å². The highest BCUT2D eigenvalue weighted by molar-refractivity contribution is 5.44. The quantitative estimate of drug-likeness (QED) is 0.671. The van der Waals surface area contributed by atoms with Gasteiger partial charge in [0.1, 0.15) is 0 Å². The summed E-state index contributed by atoms with van der Waals surface area (Å²) in [5.74, 6) is 0. The van der Waals surface area contributed by atoms with E-state index in [0.29, 0.717) is 6.04 Å². The third-order valence-electron chi connectivity index (χ3n) is 3.17. The molecule has 0 aliphatic carbocycles. The maximum absolute atomic E-state index is 3.46. The Kier molecular flexibility index (Phi) is 7.51. The molecule has 1 N–H and O–H groups in total. The van der Waals surface area contributed by atoms with Gasteiger partial charge >= 0.3 is 0 Å². The van der Waals surface area contributed by atoms with E-state index in [1.807, 2.05) is 0 Å². The number of benzene rings is 1. The molecule has 0 spiro atoms. The molecule has 1 aromatic rings. The molecule has 18 heavy (non-hydrogen) atoms. The first kappa shape index (κ1) is 15.0. The van der Waals surface area contributed by atoms with Crippen LogP contribution in [0, 0.1) is 0 Å². The Morgan fingerprint density at radius 2 is 1.67 bits per heavy atom. The highest BCUT2D eigenvalue weighted by atomic mass is 15.1. The first-order valence-corrected chi connectivity index (χ1v) is 7.19. The summed E-state index contributed by atoms with van der Waals surface area (Å²) in [5, 5.41) is 3.46. The molecule has 1 rings (SSSR count). The fourth-order valence-electron chi connectivity index (χ4n) is 2.03. The molecule has 0 heterocycles. The highest BCUT2D eigenvalue weighted by Crippen LogP contribution is 2.12. The van der Waals surface area contributed by atoms with E-state index in [1.165, 1.54) is 31.4 Å². The molecule has 0 amide bonds. The zero-order valence-electron chi connectivity index (χ0n) is 12.2. The summed E-state index contributed by atoms with van der Waals surface area (Å²) in [4.78, 5) is 2.34. The molecule has 1 aromatic carbocycles. The Bertz CT molecular complexity index is 295. The number of rotatable bonds is 9. The van der Waals surface area contributed by atoms with Gasteiger partial charge in [0, 0.05) is 25.3 Å². The number of para-hydroxylation sites is 1. The molecule has 102 valence electrons. The van der Waals surface area contributed by atoms with Gasteiger partial charge in [-0.3, -0.25) is 0 Å². The minimum Gasteiger partial charge on any atom is -0.375 e. The van der Waals surface area contributed by atoms with E-state index in [0.717, 1.165) is 13.1 Å². The van der Waals surface area contributed by atoms with Crippen LogP contribution < -0.4 is 10.2 Å². The molecule has 2 heteroatoms. The molecule has 2 nitrogen and oxygen atoms in total. The molecular formula is C16H28N2. The average Bonchev–Trinajstić information content (AvgIpc) is 2.38. The highest BCUT2D eigenvalue weighted by Gasteiger charge is 1.99. The van der Waals surface area contributed by atoms with Gasteiger partial charge in [0.05, 0.1) is 0 Å². The Morgan fingerprint density at radius 3 is 2.33 bits per heavy atom. The van der Waals surface area contributed by atoms with Crippen LogP contribution in [-0.2, 0) is 0 Å². The van der Waals surface area contributed by atoms with Gasteiger partial charge < -0.3 is 10.2 Å². The number of hydrogen-bond acceptors (Lipinski definition) is 2. The van der Waals surface area contributed by atoms with Crippen LogP contribution >= 0.6 is 0 Å². The Hall–Kier alpha value is -1.02. The van der Waals surface area contributed by atoms with Crippen LogP contribution in [0.3, 0.4) is 0 Å². The van der Waals surface area contributed by atoms with Gasteiger partial charge in [-0.15, -0.1) is 0 Å². The summed E-state index contributed by atoms with van der Waals surface area (Å²) in [6, 6.07) is 11.2. The molecule has 0 aliphatic rings. The monoisotopic (exact) mass is 248 g/mol. The third kappa shape index (κ3) is 6.65. The summed E-state index contributed by atoms with van der Waals surface area (Å²) >= 11 is 0. The normalized spacial score (nSPS) is 10.9. The van der Waals surface area contributed by atoms with Crippen LogP contribution in [0.5, 0.6) is 0 Å². The van der Waals surface area contributed by atoms with Crippen LogP contribution in [0.1, 0.15) is 39.5 Å². The van der Waals surface area contributed by atoms with Gasteiger partial charge in [0.25, 0.3) is 0 Å². The van der Waals surface area contributed by atoms with Gasteiger partial charge in [-0.05, 0) is 31.5 Å². The smallest absolute Gasteiger partial charge is 0.0363 e. The molecule has 0 aromatic heterocycles. The molecule has 0 radical (unpaired) electrons. The fraction of sp³-hybridized carbons (Fsp3) is 0.625. The maximum atomic E-state index is 3.46. The summed E-state index contributed by atoms with van der Waals surface area (Å²) in [5.41, 5.74) is 1.32. The predicted molar refractivity (Wildman–Crippen MR) is 81.3 cm³/mol. The Labute approximate surface area is 112 Å². The van der Waals surface area contributed by atoms with Gasteiger partial charge in [-0.1, -0.05) is 44.9 Å². The third-order valence-corrected chi connectivity index (χ3v) is 3.17. The minimum absolute atomic E-state index is 0.620. The van der Waals surface area contributed by atoms with Crippen molar-refractivity contribution >= 4 is 5.69 Å². The SMILES string of the molecule is CC(C)NCCCCCCN(C)c1ccccc1. The van der Waals surface area contributed by atoms with Gasteiger partial charge in [0.15, 0.2) is 0 Å². The summed E-state index contributed by atoms with van der Waals surface area (Å²) in [6.45, 7) is 6.72. The molecule has 0 atom stereocenters. The van der Waals surface area contributed by atoms with Crippen LogP contribution in [0.15, 0.2) is 30.3 Å². The van der Waals surface area contributed by atoms with Crippen LogP contribution in [0.4, 0.5) is 5.69 Å². The lowest BCUT2D eigenvalue weighted by molar-refractivity contribution is 0.542. The standard InChI is InChI=1S/C16H28N2/c1-15(2)17-13-9-4-5-10-14-18(3)16-11-7-6-8-12-16/h6-8,11-12,15,17H,4-5,9-10,13-14H2,1-3H3. The molecular weight excluding hydrogens is 220 g/mol. The zero-order chi connectivity index (χ0) is 13.2. The topological polar surface area (TPSA) is 15.3 Å². The van der Waals surface area contributed by atoms with Crippen LogP contribution in [-0.4, -0.2) is 26.2 Å². The molecule has 0 fully saturated rings. The molecule has 0 unspecified atom stereocenters. The van der Waals surface area contributed by atoms with E-state index in [-0.39, 0.29) is 0 Å². The number of nitrogens with zero attached hydrogens (tertiary/aromatic N) is 1. The second-order valence-corrected chi connectivity index (χ2v) is 5.28. The van der Waals surface area contributed by atoms with E-state index >= 15 is 0 Å². The van der Waals surface area contributed by atoms with Crippen molar-refractivity contribution in [3.8, 4) is 0 Å².